The van der Waals surface area contributed by atoms with Gasteiger partial charge in [-0.2, -0.15) is 0 Å². The Hall–Kier alpha value is -3.33. The summed E-state index contributed by atoms with van der Waals surface area (Å²) in [6.45, 7) is 0.985. The summed E-state index contributed by atoms with van der Waals surface area (Å²) in [5.74, 6) is -1.83. The molecule has 2 atom stereocenters. The van der Waals surface area contributed by atoms with Gasteiger partial charge in [-0.3, -0.25) is 14.4 Å². The molecule has 0 unspecified atom stereocenters. The molecule has 2 rings (SSSR count). The number of ether oxygens (including phenoxy) is 1. The van der Waals surface area contributed by atoms with Gasteiger partial charge in [0.2, 0.25) is 17.7 Å². The molecule has 0 aliphatic carbocycles. The van der Waals surface area contributed by atoms with Gasteiger partial charge in [-0.1, -0.05) is 30.3 Å². The number of nitrogens with zero attached hydrogens (tertiary/aromatic N) is 1. The molecule has 0 radical (unpaired) electrons. The lowest BCUT2D eigenvalue weighted by Crippen LogP contribution is -2.53. The van der Waals surface area contributed by atoms with Crippen molar-refractivity contribution in [3.8, 4) is 5.75 Å². The molecule has 0 heterocycles. The highest BCUT2D eigenvalue weighted by Gasteiger charge is 2.31. The lowest BCUT2D eigenvalue weighted by Gasteiger charge is -2.24. The lowest BCUT2D eigenvalue weighted by molar-refractivity contribution is -0.274. The predicted molar refractivity (Wildman–Crippen MR) is 141 cm³/mol. The number of benzene rings is 2. The monoisotopic (exact) mass is 570 g/mol. The third-order valence-corrected chi connectivity index (χ3v) is 6.40. The molecular formula is C25H33F3N6O4S. The van der Waals surface area contributed by atoms with Crippen LogP contribution in [0.2, 0.25) is 0 Å². The Balaban J connectivity index is 2.03. The summed E-state index contributed by atoms with van der Waals surface area (Å²) in [6.07, 6.45) is -5.10. The summed E-state index contributed by atoms with van der Waals surface area (Å²) in [5.41, 5.74) is 17.5. The molecule has 39 heavy (non-hydrogen) atoms. The average molecular weight is 571 g/mol. The molecular weight excluding hydrogens is 537 g/mol. The Morgan fingerprint density at radius 2 is 1.56 bits per heavy atom. The van der Waals surface area contributed by atoms with Gasteiger partial charge in [0.15, 0.2) is 0 Å². The van der Waals surface area contributed by atoms with Gasteiger partial charge in [-0.05, 0) is 29.8 Å². The maximum absolute atomic E-state index is 13.0. The van der Waals surface area contributed by atoms with Crippen molar-refractivity contribution >= 4 is 29.5 Å². The molecule has 2 aromatic rings. The first-order valence-electron chi connectivity index (χ1n) is 12.1. The van der Waals surface area contributed by atoms with E-state index in [-0.39, 0.29) is 56.6 Å². The fourth-order valence-corrected chi connectivity index (χ4v) is 4.31. The quantitative estimate of drug-likeness (QED) is 0.197. The number of amides is 3. The number of carbonyl (C=O) groups excluding carboxylic acids is 3. The first-order chi connectivity index (χ1) is 18.5. The van der Waals surface area contributed by atoms with Crippen molar-refractivity contribution in [1.82, 2.24) is 15.5 Å². The van der Waals surface area contributed by atoms with Crippen molar-refractivity contribution in [1.29, 1.82) is 0 Å². The zero-order valence-corrected chi connectivity index (χ0v) is 22.0. The second kappa shape index (κ2) is 15.9. The van der Waals surface area contributed by atoms with E-state index in [1.54, 1.807) is 0 Å². The van der Waals surface area contributed by atoms with E-state index in [1.807, 2.05) is 30.3 Å². The summed E-state index contributed by atoms with van der Waals surface area (Å²) in [7, 11) is 0. The molecule has 2 aromatic carbocycles. The van der Waals surface area contributed by atoms with Gasteiger partial charge < -0.3 is 37.5 Å². The largest absolute Gasteiger partial charge is 0.573 e. The maximum atomic E-state index is 13.0. The van der Waals surface area contributed by atoms with E-state index in [0.29, 0.717) is 5.56 Å². The molecule has 0 fully saturated rings. The van der Waals surface area contributed by atoms with Gasteiger partial charge in [-0.25, -0.2) is 0 Å². The minimum atomic E-state index is -4.81. The molecule has 0 aromatic heterocycles. The smallest absolute Gasteiger partial charge is 0.406 e. The minimum absolute atomic E-state index is 0.00875. The van der Waals surface area contributed by atoms with Crippen molar-refractivity contribution in [2.45, 2.75) is 36.3 Å². The van der Waals surface area contributed by atoms with Crippen molar-refractivity contribution in [3.63, 3.8) is 0 Å². The highest BCUT2D eigenvalue weighted by molar-refractivity contribution is 7.99. The van der Waals surface area contributed by atoms with Crippen LogP contribution >= 0.6 is 11.8 Å². The Labute approximate surface area is 228 Å². The second-order valence-corrected chi connectivity index (χ2v) is 9.46. The van der Waals surface area contributed by atoms with Crippen molar-refractivity contribution in [2.75, 3.05) is 31.9 Å². The summed E-state index contributed by atoms with van der Waals surface area (Å²) in [4.78, 5) is 40.6. The molecule has 10 nitrogen and oxygen atoms in total. The Bertz CT molecular complexity index is 1050. The standard InChI is InChI=1S/C25H33F3N6O4S/c26-25(27,28)38-18-8-6-17(7-9-18)15-32-24(37)21(16-39-19-4-2-1-3-5-19)33-23(36)20(31)14-22(35)34(12-10-29)13-11-30/h1-9,20-21H,10-16,29-31H2,(H,32,37)(H,33,36)/t20-,21-/m0/s1. The number of alkyl halides is 3. The topological polar surface area (TPSA) is 166 Å². The first-order valence-corrected chi connectivity index (χ1v) is 13.0. The number of rotatable bonds is 15. The fourth-order valence-electron chi connectivity index (χ4n) is 3.36. The molecule has 0 aliphatic heterocycles. The highest BCUT2D eigenvalue weighted by Crippen LogP contribution is 2.23. The Kier molecular flexibility index (Phi) is 13.0. The summed E-state index contributed by atoms with van der Waals surface area (Å²) in [5, 5.41) is 5.27. The SMILES string of the molecule is NCCN(CCN)C(=O)C[C@H](N)C(=O)N[C@@H](CSc1ccccc1)C(=O)NCc1ccc(OC(F)(F)F)cc1. The highest BCUT2D eigenvalue weighted by atomic mass is 32.2. The minimum Gasteiger partial charge on any atom is -0.406 e. The van der Waals surface area contributed by atoms with E-state index in [0.717, 1.165) is 17.0 Å². The molecule has 8 N–H and O–H groups in total. The van der Waals surface area contributed by atoms with Crippen LogP contribution in [0.4, 0.5) is 13.2 Å². The summed E-state index contributed by atoms with van der Waals surface area (Å²) >= 11 is 1.33. The van der Waals surface area contributed by atoms with Gasteiger partial charge in [0.1, 0.15) is 11.8 Å². The number of carbonyl (C=O) groups is 3. The van der Waals surface area contributed by atoms with Crippen LogP contribution < -0.4 is 32.6 Å². The molecule has 214 valence electrons. The van der Waals surface area contributed by atoms with Crippen molar-refractivity contribution < 1.29 is 32.3 Å². The van der Waals surface area contributed by atoms with Gasteiger partial charge in [0, 0.05) is 43.4 Å². The van der Waals surface area contributed by atoms with E-state index < -0.39 is 30.3 Å². The van der Waals surface area contributed by atoms with Gasteiger partial charge in [0.25, 0.3) is 0 Å². The normalized spacial score (nSPS) is 12.8. The Morgan fingerprint density at radius 3 is 2.13 bits per heavy atom. The van der Waals surface area contributed by atoms with E-state index in [1.165, 1.54) is 28.8 Å². The zero-order chi connectivity index (χ0) is 28.8. The van der Waals surface area contributed by atoms with Crippen molar-refractivity contribution in [3.05, 3.63) is 60.2 Å². The summed E-state index contributed by atoms with van der Waals surface area (Å²) < 4.78 is 40.9. The fraction of sp³-hybridized carbons (Fsp3) is 0.400. The van der Waals surface area contributed by atoms with E-state index in [4.69, 9.17) is 17.2 Å². The lowest BCUT2D eigenvalue weighted by atomic mass is 10.1. The zero-order valence-electron chi connectivity index (χ0n) is 21.2. The maximum Gasteiger partial charge on any atom is 0.573 e. The first kappa shape index (κ1) is 31.9. The number of hydrogen-bond acceptors (Lipinski definition) is 8. The van der Waals surface area contributed by atoms with Crippen LogP contribution in [-0.4, -0.2) is 73.0 Å². The predicted octanol–water partition coefficient (Wildman–Crippen LogP) is 0.942. The molecule has 0 saturated carbocycles. The number of halogens is 3. The van der Waals surface area contributed by atoms with Crippen LogP contribution in [0.25, 0.3) is 0 Å². The second-order valence-electron chi connectivity index (χ2n) is 8.36. The van der Waals surface area contributed by atoms with Gasteiger partial charge in [0.05, 0.1) is 12.5 Å². The van der Waals surface area contributed by atoms with Gasteiger partial charge >= 0.3 is 6.36 Å². The van der Waals surface area contributed by atoms with Gasteiger partial charge in [-0.15, -0.1) is 24.9 Å². The number of nitrogens with two attached hydrogens (primary N) is 3. The van der Waals surface area contributed by atoms with Crippen molar-refractivity contribution in [2.24, 2.45) is 17.2 Å². The molecule has 3 amide bonds. The van der Waals surface area contributed by atoms with E-state index in [2.05, 4.69) is 15.4 Å². The Morgan fingerprint density at radius 1 is 0.949 bits per heavy atom. The molecule has 0 bridgehead atoms. The third-order valence-electron chi connectivity index (χ3n) is 5.30. The van der Waals surface area contributed by atoms with Crippen LogP contribution in [0, 0.1) is 0 Å². The van der Waals surface area contributed by atoms with Crippen LogP contribution in [0.1, 0.15) is 12.0 Å². The van der Waals surface area contributed by atoms with Crippen LogP contribution in [0.3, 0.4) is 0 Å². The van der Waals surface area contributed by atoms with E-state index >= 15 is 0 Å². The third kappa shape index (κ3) is 11.9. The molecule has 0 aliphatic rings. The van der Waals surface area contributed by atoms with E-state index in [9.17, 15) is 27.6 Å². The molecule has 0 spiro atoms. The summed E-state index contributed by atoms with van der Waals surface area (Å²) in [6, 6.07) is 12.0. The number of hydrogen-bond donors (Lipinski definition) is 5. The molecule has 0 saturated heterocycles. The van der Waals surface area contributed by atoms with Crippen LogP contribution in [0.5, 0.6) is 5.75 Å². The van der Waals surface area contributed by atoms with Crippen LogP contribution in [0.15, 0.2) is 59.5 Å². The van der Waals surface area contributed by atoms with Crippen LogP contribution in [-0.2, 0) is 20.9 Å². The molecule has 14 heteroatoms. The average Bonchev–Trinajstić information content (AvgIpc) is 2.89. The number of nitrogens with one attached hydrogen (secondary N) is 2. The number of thioether (sulfide) groups is 1.